The summed E-state index contributed by atoms with van der Waals surface area (Å²) in [4.78, 5) is 25.1. The summed E-state index contributed by atoms with van der Waals surface area (Å²) in [7, 11) is 1.63. The van der Waals surface area contributed by atoms with Crippen LogP contribution in [-0.4, -0.2) is 25.7 Å². The van der Waals surface area contributed by atoms with Gasteiger partial charge in [-0.05, 0) is 31.2 Å². The Morgan fingerprint density at radius 1 is 1.09 bits per heavy atom. The molecule has 2 aromatic carbocycles. The van der Waals surface area contributed by atoms with Crippen molar-refractivity contribution < 1.29 is 14.3 Å². The Kier molecular flexibility index (Phi) is 5.57. The van der Waals surface area contributed by atoms with Gasteiger partial charge in [-0.1, -0.05) is 24.3 Å². The molecule has 2 aromatic rings. The van der Waals surface area contributed by atoms with Crippen molar-refractivity contribution in [2.45, 2.75) is 6.92 Å². The maximum absolute atomic E-state index is 12.2. The molecule has 0 spiro atoms. The molecule has 0 aliphatic heterocycles. The first-order valence-electron chi connectivity index (χ1n) is 7.25. The van der Waals surface area contributed by atoms with Gasteiger partial charge >= 0.3 is 12.1 Å². The molecule has 6 nitrogen and oxygen atoms in total. The van der Waals surface area contributed by atoms with Crippen molar-refractivity contribution in [3.05, 3.63) is 54.6 Å². The van der Waals surface area contributed by atoms with Crippen LogP contribution in [-0.2, 0) is 0 Å². The number of hydrogen-bond acceptors (Lipinski definition) is 3. The quantitative estimate of drug-likeness (QED) is 0.908. The lowest BCUT2D eigenvalue weighted by molar-refractivity contribution is 0.209. The van der Waals surface area contributed by atoms with Gasteiger partial charge in [0.25, 0.3) is 0 Å². The first-order chi connectivity index (χ1) is 11.1. The highest BCUT2D eigenvalue weighted by Gasteiger charge is 2.13. The van der Waals surface area contributed by atoms with Crippen LogP contribution in [0.1, 0.15) is 6.92 Å². The molecule has 2 rings (SSSR count). The highest BCUT2D eigenvalue weighted by molar-refractivity contribution is 5.90. The van der Waals surface area contributed by atoms with Crippen LogP contribution in [0.2, 0.25) is 0 Å². The largest absolute Gasteiger partial charge is 0.419 e. The van der Waals surface area contributed by atoms with Crippen LogP contribution >= 0.6 is 0 Å². The zero-order valence-electron chi connectivity index (χ0n) is 13.1. The van der Waals surface area contributed by atoms with Crippen LogP contribution < -0.4 is 20.3 Å². The summed E-state index contributed by atoms with van der Waals surface area (Å²) in [5.41, 5.74) is 1.28. The molecule has 0 bridgehead atoms. The number of nitrogens with zero attached hydrogens (tertiary/aromatic N) is 1. The first kappa shape index (κ1) is 16.4. The normalized spacial score (nSPS) is 9.83. The van der Waals surface area contributed by atoms with Gasteiger partial charge in [-0.25, -0.2) is 9.59 Å². The van der Waals surface area contributed by atoms with E-state index in [0.717, 1.165) is 5.69 Å². The van der Waals surface area contributed by atoms with E-state index in [1.807, 2.05) is 37.3 Å². The molecule has 0 heterocycles. The Hall–Kier alpha value is -3.02. The predicted molar refractivity (Wildman–Crippen MR) is 90.0 cm³/mol. The first-order valence-corrected chi connectivity index (χ1v) is 7.25. The van der Waals surface area contributed by atoms with Gasteiger partial charge in [-0.3, -0.25) is 4.90 Å². The van der Waals surface area contributed by atoms with E-state index in [-0.39, 0.29) is 6.03 Å². The molecule has 0 saturated carbocycles. The molecule has 23 heavy (non-hydrogen) atoms. The van der Waals surface area contributed by atoms with Crippen LogP contribution in [0.15, 0.2) is 54.6 Å². The number of anilines is 2. The summed E-state index contributed by atoms with van der Waals surface area (Å²) in [6.07, 6.45) is -0.508. The van der Waals surface area contributed by atoms with E-state index in [0.29, 0.717) is 18.0 Å². The maximum atomic E-state index is 12.2. The van der Waals surface area contributed by atoms with Crippen molar-refractivity contribution in [3.63, 3.8) is 0 Å². The third-order valence-corrected chi connectivity index (χ3v) is 3.05. The molecular weight excluding hydrogens is 294 g/mol. The second kappa shape index (κ2) is 7.84. The number of hydrogen-bond donors (Lipinski definition) is 2. The molecule has 0 aromatic heterocycles. The molecule has 0 fully saturated rings. The Balaban J connectivity index is 2.02. The molecular formula is C17H19N3O3. The lowest BCUT2D eigenvalue weighted by Gasteiger charge is -2.17. The molecule has 2 N–H and O–H groups in total. The van der Waals surface area contributed by atoms with E-state index in [4.69, 9.17) is 4.74 Å². The average Bonchev–Trinajstić information content (AvgIpc) is 2.55. The van der Waals surface area contributed by atoms with Gasteiger partial charge in [0.05, 0.1) is 0 Å². The molecule has 0 aliphatic carbocycles. The summed E-state index contributed by atoms with van der Waals surface area (Å²) in [5.74, 6) is 0.354. The molecule has 6 heteroatoms. The number of nitrogens with one attached hydrogen (secondary N) is 2. The molecule has 120 valence electrons. The number of amides is 3. The van der Waals surface area contributed by atoms with Crippen molar-refractivity contribution in [3.8, 4) is 5.75 Å². The van der Waals surface area contributed by atoms with Gasteiger partial charge < -0.3 is 15.4 Å². The summed E-state index contributed by atoms with van der Waals surface area (Å²) >= 11 is 0. The number of carbonyl (C=O) groups is 2. The van der Waals surface area contributed by atoms with E-state index < -0.39 is 6.09 Å². The van der Waals surface area contributed by atoms with Gasteiger partial charge in [-0.2, -0.15) is 0 Å². The monoisotopic (exact) mass is 313 g/mol. The smallest absolute Gasteiger partial charge is 0.410 e. The van der Waals surface area contributed by atoms with Crippen LogP contribution in [0.25, 0.3) is 0 Å². The SMILES string of the molecule is CCNC(=O)Nc1cccc(OC(=O)N(C)c2ccccc2)c1. The van der Waals surface area contributed by atoms with Gasteiger partial charge in [-0.15, -0.1) is 0 Å². The molecule has 0 saturated heterocycles. The third kappa shape index (κ3) is 4.74. The van der Waals surface area contributed by atoms with Gasteiger partial charge in [0.1, 0.15) is 5.75 Å². The van der Waals surface area contributed by atoms with Crippen LogP contribution in [0.4, 0.5) is 21.0 Å². The lowest BCUT2D eigenvalue weighted by atomic mass is 10.3. The Morgan fingerprint density at radius 2 is 1.83 bits per heavy atom. The van der Waals surface area contributed by atoms with Gasteiger partial charge in [0.2, 0.25) is 0 Å². The standard InChI is InChI=1S/C17H19N3O3/c1-3-18-16(21)19-13-8-7-11-15(12-13)23-17(22)20(2)14-9-5-4-6-10-14/h4-12H,3H2,1-2H3,(H2,18,19,21). The molecule has 3 amide bonds. The van der Waals surface area contributed by atoms with E-state index >= 15 is 0 Å². The van der Waals surface area contributed by atoms with Crippen LogP contribution in [0.3, 0.4) is 0 Å². The number of para-hydroxylation sites is 1. The third-order valence-electron chi connectivity index (χ3n) is 3.05. The van der Waals surface area contributed by atoms with E-state index in [1.165, 1.54) is 4.90 Å². The number of ether oxygens (including phenoxy) is 1. The van der Waals surface area contributed by atoms with Gasteiger partial charge in [0.15, 0.2) is 0 Å². The highest BCUT2D eigenvalue weighted by atomic mass is 16.6. The summed E-state index contributed by atoms with van der Waals surface area (Å²) in [6.45, 7) is 2.36. The second-order valence-electron chi connectivity index (χ2n) is 4.77. The fraction of sp³-hybridized carbons (Fsp3) is 0.176. The minimum absolute atomic E-state index is 0.308. The van der Waals surface area contributed by atoms with E-state index in [2.05, 4.69) is 10.6 Å². The molecule has 0 radical (unpaired) electrons. The summed E-state index contributed by atoms with van der Waals surface area (Å²) in [6, 6.07) is 15.5. The highest BCUT2D eigenvalue weighted by Crippen LogP contribution is 2.19. The summed E-state index contributed by atoms with van der Waals surface area (Å²) in [5, 5.41) is 5.29. The Bertz CT molecular complexity index is 674. The van der Waals surface area contributed by atoms with E-state index in [9.17, 15) is 9.59 Å². The summed E-state index contributed by atoms with van der Waals surface area (Å²) < 4.78 is 5.33. The number of carbonyl (C=O) groups excluding carboxylic acids is 2. The van der Waals surface area contributed by atoms with Crippen molar-refractivity contribution in [1.82, 2.24) is 5.32 Å². The van der Waals surface area contributed by atoms with Crippen molar-refractivity contribution in [2.75, 3.05) is 23.8 Å². The van der Waals surface area contributed by atoms with Crippen LogP contribution in [0, 0.1) is 0 Å². The topological polar surface area (TPSA) is 70.7 Å². The molecule has 0 unspecified atom stereocenters. The molecule has 0 atom stereocenters. The number of urea groups is 1. The van der Waals surface area contributed by atoms with Crippen molar-refractivity contribution >= 4 is 23.5 Å². The fourth-order valence-corrected chi connectivity index (χ4v) is 1.90. The zero-order valence-corrected chi connectivity index (χ0v) is 13.1. The fourth-order valence-electron chi connectivity index (χ4n) is 1.90. The minimum atomic E-state index is -0.508. The predicted octanol–water partition coefficient (Wildman–Crippen LogP) is 3.46. The molecule has 0 aliphatic rings. The minimum Gasteiger partial charge on any atom is -0.410 e. The van der Waals surface area contributed by atoms with Gasteiger partial charge in [0, 0.05) is 31.0 Å². The van der Waals surface area contributed by atoms with E-state index in [1.54, 1.807) is 31.3 Å². The Labute approximate surface area is 135 Å². The number of rotatable bonds is 4. The van der Waals surface area contributed by atoms with Crippen molar-refractivity contribution in [2.24, 2.45) is 0 Å². The number of benzene rings is 2. The lowest BCUT2D eigenvalue weighted by Crippen LogP contribution is -2.29. The Morgan fingerprint density at radius 3 is 2.52 bits per heavy atom. The average molecular weight is 313 g/mol. The zero-order chi connectivity index (χ0) is 16.7. The van der Waals surface area contributed by atoms with Crippen LogP contribution in [0.5, 0.6) is 5.75 Å². The second-order valence-corrected chi connectivity index (χ2v) is 4.77. The van der Waals surface area contributed by atoms with Crippen molar-refractivity contribution in [1.29, 1.82) is 0 Å². The maximum Gasteiger partial charge on any atom is 0.419 e.